The topological polar surface area (TPSA) is 71.4 Å². The van der Waals surface area contributed by atoms with Crippen molar-refractivity contribution in [1.29, 1.82) is 5.26 Å². The third-order valence-electron chi connectivity index (χ3n) is 4.55. The number of hydrogen-bond acceptors (Lipinski definition) is 4. The summed E-state index contributed by atoms with van der Waals surface area (Å²) in [5.74, 6) is 1.38. The fraction of sp³-hybridized carbons (Fsp3) is 0.444. The van der Waals surface area contributed by atoms with E-state index in [9.17, 15) is 10.1 Å². The number of rotatable bonds is 3. The van der Waals surface area contributed by atoms with Crippen molar-refractivity contribution in [2.45, 2.75) is 38.6 Å². The number of nitriles is 1. The highest BCUT2D eigenvalue weighted by Gasteiger charge is 2.24. The van der Waals surface area contributed by atoms with Crippen molar-refractivity contribution in [3.63, 3.8) is 0 Å². The van der Waals surface area contributed by atoms with Gasteiger partial charge in [0.1, 0.15) is 11.6 Å². The molecule has 0 spiro atoms. The van der Waals surface area contributed by atoms with Crippen molar-refractivity contribution in [1.82, 2.24) is 5.32 Å². The number of carbonyl (C=O) groups is 1. The van der Waals surface area contributed by atoms with Crippen LogP contribution in [-0.2, 0) is 4.79 Å². The van der Waals surface area contributed by atoms with Crippen molar-refractivity contribution in [3.8, 4) is 17.6 Å². The minimum Gasteiger partial charge on any atom is -0.454 e. The normalized spacial score (nSPS) is 22.8. The molecule has 2 atom stereocenters. The van der Waals surface area contributed by atoms with Crippen LogP contribution >= 0.6 is 15.9 Å². The van der Waals surface area contributed by atoms with Crippen LogP contribution < -0.4 is 14.8 Å². The largest absolute Gasteiger partial charge is 0.454 e. The van der Waals surface area contributed by atoms with E-state index < -0.39 is 0 Å². The van der Waals surface area contributed by atoms with E-state index in [-0.39, 0.29) is 24.3 Å². The first-order chi connectivity index (χ1) is 11.6. The minimum atomic E-state index is -0.315. The number of amides is 1. The lowest BCUT2D eigenvalue weighted by Crippen LogP contribution is -2.41. The molecular formula is C18H19BrN2O3. The van der Waals surface area contributed by atoms with Gasteiger partial charge >= 0.3 is 0 Å². The van der Waals surface area contributed by atoms with Crippen LogP contribution in [0.2, 0.25) is 0 Å². The first-order valence-electron chi connectivity index (χ1n) is 8.10. The zero-order chi connectivity index (χ0) is 17.1. The highest BCUT2D eigenvalue weighted by Crippen LogP contribution is 2.40. The molecule has 2 unspecified atom stereocenters. The lowest BCUT2D eigenvalue weighted by molar-refractivity contribution is -0.118. The maximum Gasteiger partial charge on any atom is 0.262 e. The van der Waals surface area contributed by atoms with Gasteiger partial charge in [-0.1, -0.05) is 19.8 Å². The molecule has 1 heterocycles. The lowest BCUT2D eigenvalue weighted by Gasteiger charge is -2.29. The zero-order valence-corrected chi connectivity index (χ0v) is 15.1. The Kier molecular flexibility index (Phi) is 5.10. The van der Waals surface area contributed by atoms with Crippen LogP contribution in [0.3, 0.4) is 0 Å². The van der Waals surface area contributed by atoms with E-state index in [0.29, 0.717) is 17.4 Å². The molecule has 1 aliphatic carbocycles. The molecule has 5 nitrogen and oxygen atoms in total. The van der Waals surface area contributed by atoms with Gasteiger partial charge in [0.25, 0.3) is 5.91 Å². The summed E-state index contributed by atoms with van der Waals surface area (Å²) in [6.07, 6.45) is 6.00. The second-order valence-electron chi connectivity index (χ2n) is 6.25. The van der Waals surface area contributed by atoms with Gasteiger partial charge in [0, 0.05) is 6.04 Å². The number of ether oxygens (including phenoxy) is 2. The van der Waals surface area contributed by atoms with Crippen molar-refractivity contribution in [2.75, 3.05) is 6.79 Å². The van der Waals surface area contributed by atoms with Gasteiger partial charge in [0.15, 0.2) is 11.5 Å². The van der Waals surface area contributed by atoms with Gasteiger partial charge < -0.3 is 14.8 Å². The zero-order valence-electron chi connectivity index (χ0n) is 13.5. The van der Waals surface area contributed by atoms with Gasteiger partial charge in [0.2, 0.25) is 6.79 Å². The van der Waals surface area contributed by atoms with Crippen LogP contribution in [0, 0.1) is 17.2 Å². The summed E-state index contributed by atoms with van der Waals surface area (Å²) in [4.78, 5) is 12.4. The lowest BCUT2D eigenvalue weighted by atomic mass is 9.86. The molecule has 6 heteroatoms. The van der Waals surface area contributed by atoms with Crippen LogP contribution in [0.5, 0.6) is 11.5 Å². The Morgan fingerprint density at radius 2 is 2.17 bits per heavy atom. The molecule has 24 heavy (non-hydrogen) atoms. The first-order valence-corrected chi connectivity index (χ1v) is 8.89. The second-order valence-corrected chi connectivity index (χ2v) is 7.10. The number of benzene rings is 1. The van der Waals surface area contributed by atoms with Crippen molar-refractivity contribution >= 4 is 27.9 Å². The summed E-state index contributed by atoms with van der Waals surface area (Å²) in [5, 5.41) is 12.4. The molecule has 1 saturated carbocycles. The first kappa shape index (κ1) is 16.8. The molecule has 0 radical (unpaired) electrons. The highest BCUT2D eigenvalue weighted by molar-refractivity contribution is 9.10. The van der Waals surface area contributed by atoms with Crippen LogP contribution in [0.1, 0.15) is 38.2 Å². The Morgan fingerprint density at radius 3 is 2.92 bits per heavy atom. The Bertz CT molecular complexity index is 724. The van der Waals surface area contributed by atoms with Crippen LogP contribution in [0.4, 0.5) is 0 Å². The number of nitrogens with zero attached hydrogens (tertiary/aromatic N) is 1. The number of nitrogens with one attached hydrogen (secondary N) is 1. The Hall–Kier alpha value is -2.00. The van der Waals surface area contributed by atoms with Gasteiger partial charge in [-0.05, 0) is 58.5 Å². The molecule has 1 aromatic carbocycles. The molecule has 1 amide bonds. The Labute approximate surface area is 149 Å². The Balaban J connectivity index is 1.78. The average molecular weight is 391 g/mol. The van der Waals surface area contributed by atoms with E-state index in [0.717, 1.165) is 29.3 Å². The summed E-state index contributed by atoms with van der Waals surface area (Å²) in [6.45, 7) is 2.32. The molecule has 3 rings (SSSR count). The predicted octanol–water partition coefficient (Wildman–Crippen LogP) is 3.78. The number of fused-ring (bicyclic) bond motifs is 1. The molecular weight excluding hydrogens is 372 g/mol. The van der Waals surface area contributed by atoms with E-state index in [2.05, 4.69) is 28.2 Å². The second kappa shape index (κ2) is 7.27. The molecule has 0 bridgehead atoms. The van der Waals surface area contributed by atoms with Gasteiger partial charge in [-0.2, -0.15) is 5.26 Å². The summed E-state index contributed by atoms with van der Waals surface area (Å²) in [6, 6.07) is 5.72. The number of carbonyl (C=O) groups excluding carboxylic acids is 1. The van der Waals surface area contributed by atoms with Crippen molar-refractivity contribution < 1.29 is 14.3 Å². The fourth-order valence-corrected chi connectivity index (χ4v) is 3.74. The molecule has 0 saturated heterocycles. The van der Waals surface area contributed by atoms with Gasteiger partial charge in [-0.15, -0.1) is 0 Å². The number of hydrogen-bond donors (Lipinski definition) is 1. The van der Waals surface area contributed by atoms with E-state index >= 15 is 0 Å². The molecule has 1 aliphatic heterocycles. The molecule has 1 fully saturated rings. The van der Waals surface area contributed by atoms with E-state index in [1.807, 2.05) is 6.07 Å². The van der Waals surface area contributed by atoms with Gasteiger partial charge in [0.05, 0.1) is 4.47 Å². The standard InChI is InChI=1S/C18H19BrN2O3/c1-11-4-2-3-5-15(11)21-18(22)13(9-20)6-12-7-14(19)17-16(8-12)23-10-24-17/h6-8,11,15H,2-5,10H2,1H3,(H,21,22). The monoisotopic (exact) mass is 390 g/mol. The van der Waals surface area contributed by atoms with Crippen LogP contribution in [-0.4, -0.2) is 18.7 Å². The average Bonchev–Trinajstić information content (AvgIpc) is 3.03. The van der Waals surface area contributed by atoms with Crippen LogP contribution in [0.15, 0.2) is 22.2 Å². The van der Waals surface area contributed by atoms with Gasteiger partial charge in [-0.25, -0.2) is 0 Å². The molecule has 1 aromatic rings. The SMILES string of the molecule is CC1CCCCC1NC(=O)C(C#N)=Cc1cc(Br)c2c(c1)OCO2. The van der Waals surface area contributed by atoms with E-state index in [1.54, 1.807) is 18.2 Å². The minimum absolute atomic E-state index is 0.0959. The summed E-state index contributed by atoms with van der Waals surface area (Å²) in [7, 11) is 0. The van der Waals surface area contributed by atoms with Crippen LogP contribution in [0.25, 0.3) is 6.08 Å². The van der Waals surface area contributed by atoms with E-state index in [4.69, 9.17) is 9.47 Å². The summed E-state index contributed by atoms with van der Waals surface area (Å²) >= 11 is 3.42. The summed E-state index contributed by atoms with van der Waals surface area (Å²) in [5.41, 5.74) is 0.813. The van der Waals surface area contributed by atoms with Crippen molar-refractivity contribution in [2.24, 2.45) is 5.92 Å². The summed E-state index contributed by atoms with van der Waals surface area (Å²) < 4.78 is 11.4. The Morgan fingerprint density at radius 1 is 1.38 bits per heavy atom. The van der Waals surface area contributed by atoms with Crippen molar-refractivity contribution in [3.05, 3.63) is 27.7 Å². The third kappa shape index (κ3) is 3.57. The molecule has 2 aliphatic rings. The fourth-order valence-electron chi connectivity index (χ4n) is 3.16. The third-order valence-corrected chi connectivity index (χ3v) is 5.14. The molecule has 1 N–H and O–H groups in total. The highest BCUT2D eigenvalue weighted by atomic mass is 79.9. The maximum atomic E-state index is 12.4. The van der Waals surface area contributed by atoms with E-state index in [1.165, 1.54) is 6.42 Å². The molecule has 0 aromatic heterocycles. The maximum absolute atomic E-state index is 12.4. The molecule has 126 valence electrons. The smallest absolute Gasteiger partial charge is 0.262 e. The quantitative estimate of drug-likeness (QED) is 0.629. The van der Waals surface area contributed by atoms with Gasteiger partial charge in [-0.3, -0.25) is 4.79 Å². The number of halogens is 1. The predicted molar refractivity (Wildman–Crippen MR) is 93.4 cm³/mol.